The maximum absolute atomic E-state index is 15.1. The average molecular weight is 424 g/mol. The van der Waals surface area contributed by atoms with Crippen molar-refractivity contribution in [2.24, 2.45) is 12.8 Å². The molecule has 156 valence electrons. The first kappa shape index (κ1) is 19.6. The largest absolute Gasteiger partial charge is 0.325 e. The molecule has 3 N–H and O–H groups in total. The number of hydrogen-bond acceptors (Lipinski definition) is 5. The zero-order chi connectivity index (χ0) is 22.4. The van der Waals surface area contributed by atoms with Gasteiger partial charge in [-0.15, -0.1) is 5.10 Å². The fraction of sp³-hybridized carbons (Fsp3) is 0.0833. The Labute approximate surface area is 181 Å². The van der Waals surface area contributed by atoms with Gasteiger partial charge in [0.25, 0.3) is 5.56 Å². The smallest absolute Gasteiger partial charge is 0.272 e. The minimum atomic E-state index is -0.675. The van der Waals surface area contributed by atoms with Crippen LogP contribution in [0, 0.1) is 17.3 Å². The van der Waals surface area contributed by atoms with E-state index in [0.717, 1.165) is 10.8 Å². The Morgan fingerprint density at radius 3 is 2.72 bits per heavy atom. The maximum atomic E-state index is 15.1. The summed E-state index contributed by atoms with van der Waals surface area (Å²) >= 11 is 0. The van der Waals surface area contributed by atoms with Crippen LogP contribution in [0.5, 0.6) is 0 Å². The highest BCUT2D eigenvalue weighted by Crippen LogP contribution is 2.38. The van der Waals surface area contributed by atoms with E-state index in [0.29, 0.717) is 38.9 Å². The Bertz CT molecular complexity index is 1630. The number of aromatic nitrogens is 4. The lowest BCUT2D eigenvalue weighted by Crippen LogP contribution is -2.13. The SMILES string of the molecule is Cn1nc(F)c(-c2ccc3c(=O)[nH]nc(CN)c3c2)c1-c1ccc2ccccc2c1C#N. The normalized spacial score (nSPS) is 11.2. The molecule has 0 unspecified atom stereocenters. The molecule has 0 aliphatic carbocycles. The summed E-state index contributed by atoms with van der Waals surface area (Å²) in [6.45, 7) is 0.113. The van der Waals surface area contributed by atoms with Gasteiger partial charge in [-0.05, 0) is 23.1 Å². The molecule has 0 aliphatic heterocycles. The molecule has 0 aliphatic rings. The highest BCUT2D eigenvalue weighted by atomic mass is 19.1. The van der Waals surface area contributed by atoms with Gasteiger partial charge >= 0.3 is 0 Å². The van der Waals surface area contributed by atoms with Gasteiger partial charge in [-0.3, -0.25) is 9.48 Å². The van der Waals surface area contributed by atoms with Crippen LogP contribution < -0.4 is 11.3 Å². The number of rotatable bonds is 3. The summed E-state index contributed by atoms with van der Waals surface area (Å²) in [7, 11) is 1.64. The monoisotopic (exact) mass is 424 g/mol. The third-order valence-electron chi connectivity index (χ3n) is 5.65. The van der Waals surface area contributed by atoms with E-state index in [9.17, 15) is 10.1 Å². The molecule has 2 aromatic heterocycles. The molecule has 7 nitrogen and oxygen atoms in total. The second kappa shape index (κ2) is 7.41. The number of aryl methyl sites for hydroxylation is 1. The first-order chi connectivity index (χ1) is 15.5. The number of nitriles is 1. The van der Waals surface area contributed by atoms with Gasteiger partial charge in [0, 0.05) is 29.9 Å². The van der Waals surface area contributed by atoms with Crippen molar-refractivity contribution in [3.8, 4) is 28.5 Å². The Kier molecular flexibility index (Phi) is 4.54. The number of H-pyrrole nitrogens is 1. The van der Waals surface area contributed by atoms with Crippen molar-refractivity contribution in [1.29, 1.82) is 5.26 Å². The molecule has 32 heavy (non-hydrogen) atoms. The lowest BCUT2D eigenvalue weighted by Gasteiger charge is -2.12. The van der Waals surface area contributed by atoms with Crippen molar-refractivity contribution in [3.05, 3.63) is 82.2 Å². The van der Waals surface area contributed by atoms with Gasteiger partial charge in [0.2, 0.25) is 5.95 Å². The fourth-order valence-corrected chi connectivity index (χ4v) is 4.18. The molecule has 0 fully saturated rings. The Morgan fingerprint density at radius 2 is 1.94 bits per heavy atom. The quantitative estimate of drug-likeness (QED) is 0.459. The molecule has 8 heteroatoms. The molecular formula is C24H17FN6O. The third-order valence-corrected chi connectivity index (χ3v) is 5.65. The second-order valence-electron chi connectivity index (χ2n) is 7.42. The van der Waals surface area contributed by atoms with Crippen LogP contribution in [0.15, 0.2) is 59.4 Å². The molecule has 3 aromatic carbocycles. The van der Waals surface area contributed by atoms with E-state index < -0.39 is 5.95 Å². The van der Waals surface area contributed by atoms with Crippen LogP contribution in [0.4, 0.5) is 4.39 Å². The molecule has 0 saturated carbocycles. The zero-order valence-electron chi connectivity index (χ0n) is 17.1. The standard InChI is InChI=1S/C24H17FN6O/c1-31-22(16-8-6-13-4-2-3-5-15(13)19(16)11-26)21(23(25)30-31)14-7-9-17-18(10-14)20(12-27)28-29-24(17)32/h2-10H,12,27H2,1H3,(H,29,32). The fourth-order valence-electron chi connectivity index (χ4n) is 4.18. The number of nitrogens with zero attached hydrogens (tertiary/aromatic N) is 4. The van der Waals surface area contributed by atoms with Crippen LogP contribution in [0.2, 0.25) is 0 Å². The van der Waals surface area contributed by atoms with Crippen molar-refractivity contribution < 1.29 is 4.39 Å². The number of benzene rings is 3. The number of nitrogens with two attached hydrogens (primary N) is 1. The topological polar surface area (TPSA) is 113 Å². The summed E-state index contributed by atoms with van der Waals surface area (Å²) in [6, 6.07) is 18.5. The van der Waals surface area contributed by atoms with E-state index >= 15 is 4.39 Å². The van der Waals surface area contributed by atoms with Gasteiger partial charge in [-0.2, -0.15) is 14.8 Å². The van der Waals surface area contributed by atoms with Crippen LogP contribution >= 0.6 is 0 Å². The predicted octanol–water partition coefficient (Wildman–Crippen LogP) is 3.61. The summed E-state index contributed by atoms with van der Waals surface area (Å²) in [4.78, 5) is 12.2. The van der Waals surface area contributed by atoms with Crippen molar-refractivity contribution in [2.45, 2.75) is 6.54 Å². The second-order valence-corrected chi connectivity index (χ2v) is 7.42. The summed E-state index contributed by atoms with van der Waals surface area (Å²) < 4.78 is 16.6. The van der Waals surface area contributed by atoms with Crippen LogP contribution in [0.25, 0.3) is 43.9 Å². The number of hydrogen-bond donors (Lipinski definition) is 2. The average Bonchev–Trinajstić information content (AvgIpc) is 3.11. The van der Waals surface area contributed by atoms with E-state index in [1.54, 1.807) is 31.3 Å². The minimum Gasteiger partial charge on any atom is -0.325 e. The number of nitrogens with one attached hydrogen (secondary N) is 1. The Morgan fingerprint density at radius 1 is 1.12 bits per heavy atom. The molecule has 5 aromatic rings. The van der Waals surface area contributed by atoms with Gasteiger partial charge in [0.1, 0.15) is 6.07 Å². The van der Waals surface area contributed by atoms with E-state index in [4.69, 9.17) is 5.73 Å². The molecule has 0 saturated heterocycles. The van der Waals surface area contributed by atoms with Gasteiger partial charge < -0.3 is 5.73 Å². The summed E-state index contributed by atoms with van der Waals surface area (Å²) in [5.74, 6) is -0.675. The van der Waals surface area contributed by atoms with Gasteiger partial charge in [0.05, 0.1) is 27.9 Å². The van der Waals surface area contributed by atoms with E-state index in [2.05, 4.69) is 21.4 Å². The van der Waals surface area contributed by atoms with Crippen molar-refractivity contribution in [1.82, 2.24) is 20.0 Å². The zero-order valence-corrected chi connectivity index (χ0v) is 17.1. The summed E-state index contributed by atoms with van der Waals surface area (Å²) in [5, 5.41) is 23.0. The molecule has 0 radical (unpaired) electrons. The van der Waals surface area contributed by atoms with E-state index in [1.165, 1.54) is 4.68 Å². The van der Waals surface area contributed by atoms with Crippen molar-refractivity contribution >= 4 is 21.5 Å². The lowest BCUT2D eigenvalue weighted by molar-refractivity contribution is 0.556. The Hall–Kier alpha value is -4.35. The van der Waals surface area contributed by atoms with Crippen molar-refractivity contribution in [3.63, 3.8) is 0 Å². The van der Waals surface area contributed by atoms with Crippen molar-refractivity contribution in [2.75, 3.05) is 0 Å². The van der Waals surface area contributed by atoms with Crippen LogP contribution in [-0.4, -0.2) is 20.0 Å². The third kappa shape index (κ3) is 2.87. The van der Waals surface area contributed by atoms with E-state index in [1.807, 2.05) is 30.3 Å². The van der Waals surface area contributed by atoms with Crippen LogP contribution in [0.1, 0.15) is 11.3 Å². The van der Waals surface area contributed by atoms with Crippen LogP contribution in [0.3, 0.4) is 0 Å². The molecule has 0 atom stereocenters. The molecule has 0 spiro atoms. The predicted molar refractivity (Wildman–Crippen MR) is 120 cm³/mol. The summed E-state index contributed by atoms with van der Waals surface area (Å²) in [6.07, 6.45) is 0. The number of fused-ring (bicyclic) bond motifs is 2. The van der Waals surface area contributed by atoms with Gasteiger partial charge in [-0.1, -0.05) is 42.5 Å². The number of halogens is 1. The summed E-state index contributed by atoms with van der Waals surface area (Å²) in [5.41, 5.74) is 8.17. The molecule has 0 amide bonds. The number of aromatic amines is 1. The molecule has 5 rings (SSSR count). The molecular weight excluding hydrogens is 407 g/mol. The highest BCUT2D eigenvalue weighted by molar-refractivity contribution is 5.97. The van der Waals surface area contributed by atoms with Gasteiger partial charge in [0.15, 0.2) is 0 Å². The van der Waals surface area contributed by atoms with E-state index in [-0.39, 0.29) is 17.7 Å². The van der Waals surface area contributed by atoms with Gasteiger partial charge in [-0.25, -0.2) is 5.10 Å². The first-order valence-corrected chi connectivity index (χ1v) is 9.90. The minimum absolute atomic E-state index is 0.113. The first-order valence-electron chi connectivity index (χ1n) is 9.90. The maximum Gasteiger partial charge on any atom is 0.272 e. The lowest BCUT2D eigenvalue weighted by atomic mass is 9.93. The molecule has 0 bridgehead atoms. The highest BCUT2D eigenvalue weighted by Gasteiger charge is 2.23. The molecule has 2 heterocycles. The Balaban J connectivity index is 1.83. The van der Waals surface area contributed by atoms with Crippen LogP contribution in [-0.2, 0) is 13.6 Å².